The highest BCUT2D eigenvalue weighted by Gasteiger charge is 2.50. The van der Waals surface area contributed by atoms with Crippen molar-refractivity contribution in [3.05, 3.63) is 48.0 Å². The smallest absolute Gasteiger partial charge is 0.338 e. The highest BCUT2D eigenvalue weighted by atomic mass is 16.6. The molecule has 0 bridgehead atoms. The molecule has 2 unspecified atom stereocenters. The number of carbonyl (C=O) groups is 2. The number of carbonyl (C=O) groups excluding carboxylic acids is 2. The average molecular weight is 372 g/mol. The average Bonchev–Trinajstić information content (AvgIpc) is 3.16. The minimum atomic E-state index is -0.515. The third-order valence-electron chi connectivity index (χ3n) is 5.48. The van der Waals surface area contributed by atoms with E-state index in [1.165, 1.54) is 0 Å². The van der Waals surface area contributed by atoms with E-state index in [9.17, 15) is 14.7 Å². The summed E-state index contributed by atoms with van der Waals surface area (Å²) in [6.45, 7) is 2.13. The SMILES string of the molecule is CCCCC[C@H](O)C=C[C@H]1C(OC(=O)c2ccccc2)CC2OC(=O)C[C@@H]21. The zero-order valence-electron chi connectivity index (χ0n) is 15.8. The molecule has 1 aromatic rings. The number of ether oxygens (including phenoxy) is 2. The topological polar surface area (TPSA) is 72.8 Å². The minimum absolute atomic E-state index is 0.00478. The highest BCUT2D eigenvalue weighted by molar-refractivity contribution is 5.89. The van der Waals surface area contributed by atoms with E-state index in [0.29, 0.717) is 18.4 Å². The summed E-state index contributed by atoms with van der Waals surface area (Å²) in [6, 6.07) is 8.89. The molecule has 0 amide bonds. The maximum Gasteiger partial charge on any atom is 0.338 e. The maximum atomic E-state index is 12.4. The summed E-state index contributed by atoms with van der Waals surface area (Å²) < 4.78 is 11.1. The van der Waals surface area contributed by atoms with E-state index in [1.807, 2.05) is 12.1 Å². The van der Waals surface area contributed by atoms with E-state index in [4.69, 9.17) is 9.47 Å². The van der Waals surface area contributed by atoms with Gasteiger partial charge in [0.05, 0.1) is 18.1 Å². The van der Waals surface area contributed by atoms with Crippen LogP contribution in [0.15, 0.2) is 42.5 Å². The quantitative estimate of drug-likeness (QED) is 0.428. The van der Waals surface area contributed by atoms with Gasteiger partial charge < -0.3 is 14.6 Å². The first-order valence-corrected chi connectivity index (χ1v) is 9.90. The molecule has 1 N–H and O–H groups in total. The molecular formula is C22H28O5. The summed E-state index contributed by atoms with van der Waals surface area (Å²) in [4.78, 5) is 24.1. The Hall–Kier alpha value is -2.14. The minimum Gasteiger partial charge on any atom is -0.462 e. The van der Waals surface area contributed by atoms with Crippen molar-refractivity contribution in [1.82, 2.24) is 0 Å². The van der Waals surface area contributed by atoms with Gasteiger partial charge in [0.15, 0.2) is 0 Å². The van der Waals surface area contributed by atoms with Gasteiger partial charge in [0.1, 0.15) is 12.2 Å². The first-order valence-electron chi connectivity index (χ1n) is 9.90. The van der Waals surface area contributed by atoms with Crippen molar-refractivity contribution < 1.29 is 24.2 Å². The van der Waals surface area contributed by atoms with Crippen molar-refractivity contribution in [2.24, 2.45) is 11.8 Å². The Balaban J connectivity index is 1.66. The van der Waals surface area contributed by atoms with Gasteiger partial charge in [-0.05, 0) is 18.6 Å². The van der Waals surface area contributed by atoms with Crippen LogP contribution in [0.1, 0.15) is 55.8 Å². The van der Waals surface area contributed by atoms with Crippen molar-refractivity contribution in [2.45, 2.75) is 63.8 Å². The lowest BCUT2D eigenvalue weighted by Crippen LogP contribution is -2.25. The van der Waals surface area contributed by atoms with Gasteiger partial charge in [-0.2, -0.15) is 0 Å². The van der Waals surface area contributed by atoms with Crippen molar-refractivity contribution in [3.63, 3.8) is 0 Å². The van der Waals surface area contributed by atoms with Crippen LogP contribution in [0.5, 0.6) is 0 Å². The van der Waals surface area contributed by atoms with E-state index in [-0.39, 0.29) is 36.0 Å². The van der Waals surface area contributed by atoms with Gasteiger partial charge >= 0.3 is 11.9 Å². The van der Waals surface area contributed by atoms with Gasteiger partial charge in [0.25, 0.3) is 0 Å². The highest BCUT2D eigenvalue weighted by Crippen LogP contribution is 2.43. The lowest BCUT2D eigenvalue weighted by molar-refractivity contribution is -0.141. The van der Waals surface area contributed by atoms with Gasteiger partial charge in [-0.3, -0.25) is 4.79 Å². The Morgan fingerprint density at radius 2 is 2.11 bits per heavy atom. The van der Waals surface area contributed by atoms with Gasteiger partial charge in [-0.15, -0.1) is 0 Å². The molecule has 0 aromatic heterocycles. The summed E-state index contributed by atoms with van der Waals surface area (Å²) >= 11 is 0. The number of rotatable bonds is 8. The number of hydrogen-bond acceptors (Lipinski definition) is 5. The monoisotopic (exact) mass is 372 g/mol. The first-order chi connectivity index (χ1) is 13.1. The fraction of sp³-hybridized carbons (Fsp3) is 0.545. The third-order valence-corrected chi connectivity index (χ3v) is 5.48. The zero-order chi connectivity index (χ0) is 19.2. The Bertz CT molecular complexity index is 669. The maximum absolute atomic E-state index is 12.4. The van der Waals surface area contributed by atoms with Crippen molar-refractivity contribution in [3.8, 4) is 0 Å². The molecule has 0 radical (unpaired) electrons. The largest absolute Gasteiger partial charge is 0.462 e. The molecule has 1 saturated carbocycles. The molecule has 1 heterocycles. The molecule has 3 rings (SSSR count). The summed E-state index contributed by atoms with van der Waals surface area (Å²) in [5.74, 6) is -0.673. The van der Waals surface area contributed by atoms with Gasteiger partial charge in [-0.1, -0.05) is 56.5 Å². The normalized spacial score (nSPS) is 28.1. The van der Waals surface area contributed by atoms with Crippen LogP contribution in [0.2, 0.25) is 0 Å². The van der Waals surface area contributed by atoms with E-state index >= 15 is 0 Å². The molecular weight excluding hydrogens is 344 g/mol. The number of hydrogen-bond donors (Lipinski definition) is 1. The molecule has 1 aliphatic heterocycles. The van der Waals surface area contributed by atoms with E-state index in [0.717, 1.165) is 25.7 Å². The fourth-order valence-electron chi connectivity index (χ4n) is 4.03. The molecule has 5 nitrogen and oxygen atoms in total. The molecule has 1 aromatic carbocycles. The number of esters is 2. The predicted octanol–water partition coefficient (Wildman–Crippen LogP) is 3.66. The predicted molar refractivity (Wildman–Crippen MR) is 101 cm³/mol. The Kier molecular flexibility index (Phi) is 6.67. The van der Waals surface area contributed by atoms with E-state index < -0.39 is 6.10 Å². The molecule has 5 heteroatoms. The van der Waals surface area contributed by atoms with Crippen molar-refractivity contribution in [1.29, 1.82) is 0 Å². The van der Waals surface area contributed by atoms with Crippen molar-refractivity contribution >= 4 is 11.9 Å². The van der Waals surface area contributed by atoms with Crippen LogP contribution in [0, 0.1) is 11.8 Å². The van der Waals surface area contributed by atoms with Crippen LogP contribution in [0.3, 0.4) is 0 Å². The van der Waals surface area contributed by atoms with Crippen LogP contribution >= 0.6 is 0 Å². The Labute approximate surface area is 160 Å². The second kappa shape index (κ2) is 9.18. The zero-order valence-corrected chi connectivity index (χ0v) is 15.8. The van der Waals surface area contributed by atoms with Crippen LogP contribution < -0.4 is 0 Å². The van der Waals surface area contributed by atoms with Crippen LogP contribution in [0.25, 0.3) is 0 Å². The van der Waals surface area contributed by atoms with E-state index in [1.54, 1.807) is 30.3 Å². The van der Waals surface area contributed by atoms with Crippen molar-refractivity contribution in [2.75, 3.05) is 0 Å². The molecule has 5 atom stereocenters. The first kappa shape index (κ1) is 19.6. The molecule has 146 valence electrons. The number of benzene rings is 1. The van der Waals surface area contributed by atoms with Crippen LogP contribution in [-0.2, 0) is 14.3 Å². The Morgan fingerprint density at radius 3 is 2.85 bits per heavy atom. The number of unbranched alkanes of at least 4 members (excludes halogenated alkanes) is 2. The van der Waals surface area contributed by atoms with Crippen LogP contribution in [0.4, 0.5) is 0 Å². The second-order valence-corrected chi connectivity index (χ2v) is 7.47. The standard InChI is InChI=1S/C22H28O5/c1-2-3-5-10-16(23)11-12-17-18-13-21(24)26-20(18)14-19(17)27-22(25)15-8-6-4-7-9-15/h4,6-9,11-12,16-20,23H,2-3,5,10,13-14H2,1H3/t16-,17+,18+,19?,20?/m0/s1. The van der Waals surface area contributed by atoms with E-state index in [2.05, 4.69) is 6.92 Å². The third kappa shape index (κ3) is 4.98. The summed E-state index contributed by atoms with van der Waals surface area (Å²) in [7, 11) is 0. The number of aliphatic hydroxyl groups is 1. The lowest BCUT2D eigenvalue weighted by Gasteiger charge is -2.20. The molecule has 2 fully saturated rings. The molecule has 27 heavy (non-hydrogen) atoms. The Morgan fingerprint density at radius 1 is 1.33 bits per heavy atom. The summed E-state index contributed by atoms with van der Waals surface area (Å²) in [6.07, 6.45) is 7.39. The number of aliphatic hydroxyl groups excluding tert-OH is 1. The van der Waals surface area contributed by atoms with Gasteiger partial charge in [-0.25, -0.2) is 4.79 Å². The second-order valence-electron chi connectivity index (χ2n) is 7.47. The van der Waals surface area contributed by atoms with Gasteiger partial charge in [0.2, 0.25) is 0 Å². The molecule has 0 spiro atoms. The van der Waals surface area contributed by atoms with Crippen LogP contribution in [-0.4, -0.2) is 35.4 Å². The van der Waals surface area contributed by atoms with Gasteiger partial charge in [0, 0.05) is 18.3 Å². The number of fused-ring (bicyclic) bond motifs is 1. The summed E-state index contributed by atoms with van der Waals surface area (Å²) in [5, 5.41) is 10.2. The summed E-state index contributed by atoms with van der Waals surface area (Å²) in [5.41, 5.74) is 0.508. The lowest BCUT2D eigenvalue weighted by atomic mass is 9.91. The molecule has 1 saturated heterocycles. The molecule has 1 aliphatic carbocycles. The fourth-order valence-corrected chi connectivity index (χ4v) is 4.03. The molecule has 2 aliphatic rings.